The average Bonchev–Trinajstić information content (AvgIpc) is 2.45. The number of hydrogen-bond acceptors (Lipinski definition) is 3. The molecule has 3 heteroatoms. The van der Waals surface area contributed by atoms with Gasteiger partial charge in [0.2, 0.25) is 0 Å². The van der Waals surface area contributed by atoms with Crippen molar-refractivity contribution in [1.29, 1.82) is 0 Å². The van der Waals surface area contributed by atoms with Gasteiger partial charge in [-0.2, -0.15) is 0 Å². The van der Waals surface area contributed by atoms with Gasteiger partial charge in [-0.05, 0) is 29.7 Å². The van der Waals surface area contributed by atoms with E-state index in [0.29, 0.717) is 0 Å². The zero-order chi connectivity index (χ0) is 12.8. The molecule has 1 heterocycles. The van der Waals surface area contributed by atoms with Crippen LogP contribution in [0.3, 0.4) is 0 Å². The van der Waals surface area contributed by atoms with Crippen LogP contribution in [-0.2, 0) is 13.0 Å². The molecular formula is C15H18N2O. The molecule has 1 N–H and O–H groups in total. The molecule has 0 atom stereocenters. The number of anilines is 1. The monoisotopic (exact) mass is 242 g/mol. The van der Waals surface area contributed by atoms with Crippen molar-refractivity contribution in [2.75, 3.05) is 12.4 Å². The van der Waals surface area contributed by atoms with E-state index >= 15 is 0 Å². The van der Waals surface area contributed by atoms with Crippen molar-refractivity contribution in [2.24, 2.45) is 0 Å². The van der Waals surface area contributed by atoms with E-state index in [1.807, 2.05) is 12.1 Å². The van der Waals surface area contributed by atoms with E-state index in [-0.39, 0.29) is 0 Å². The Morgan fingerprint density at radius 2 is 1.89 bits per heavy atom. The molecule has 94 valence electrons. The van der Waals surface area contributed by atoms with E-state index < -0.39 is 0 Å². The molecule has 0 saturated carbocycles. The van der Waals surface area contributed by atoms with Gasteiger partial charge in [0.1, 0.15) is 0 Å². The lowest BCUT2D eigenvalue weighted by molar-refractivity contribution is 0.415. The van der Waals surface area contributed by atoms with Crippen LogP contribution in [0.4, 0.5) is 5.82 Å². The number of aryl methyl sites for hydroxylation is 1. The molecule has 0 saturated heterocycles. The Hall–Kier alpha value is -2.03. The fourth-order valence-electron chi connectivity index (χ4n) is 1.94. The van der Waals surface area contributed by atoms with Gasteiger partial charge in [0.05, 0.1) is 7.11 Å². The third-order valence-electron chi connectivity index (χ3n) is 2.94. The smallest absolute Gasteiger partial charge is 0.168 e. The van der Waals surface area contributed by atoms with Crippen molar-refractivity contribution < 1.29 is 4.74 Å². The van der Waals surface area contributed by atoms with Gasteiger partial charge in [-0.15, -0.1) is 0 Å². The number of methoxy groups -OCH3 is 1. The Balaban J connectivity index is 2.11. The number of benzene rings is 1. The van der Waals surface area contributed by atoms with E-state index in [1.165, 1.54) is 11.1 Å². The van der Waals surface area contributed by atoms with Gasteiger partial charge in [-0.1, -0.05) is 31.2 Å². The normalized spacial score (nSPS) is 10.1. The Morgan fingerprint density at radius 1 is 1.11 bits per heavy atom. The summed E-state index contributed by atoms with van der Waals surface area (Å²) in [6.07, 6.45) is 2.80. The summed E-state index contributed by atoms with van der Waals surface area (Å²) in [6, 6.07) is 12.2. The van der Waals surface area contributed by atoms with Crippen molar-refractivity contribution in [2.45, 2.75) is 19.9 Å². The van der Waals surface area contributed by atoms with Crippen LogP contribution in [0.15, 0.2) is 42.6 Å². The van der Waals surface area contributed by atoms with Crippen LogP contribution < -0.4 is 10.1 Å². The minimum atomic E-state index is 0.761. The Labute approximate surface area is 108 Å². The molecule has 0 aliphatic heterocycles. The second-order valence-corrected chi connectivity index (χ2v) is 4.03. The summed E-state index contributed by atoms with van der Waals surface area (Å²) in [4.78, 5) is 4.28. The van der Waals surface area contributed by atoms with Crippen LogP contribution >= 0.6 is 0 Å². The molecule has 0 bridgehead atoms. The molecule has 2 aromatic rings. The largest absolute Gasteiger partial charge is 0.493 e. The van der Waals surface area contributed by atoms with Crippen molar-refractivity contribution in [3.8, 4) is 5.75 Å². The summed E-state index contributed by atoms with van der Waals surface area (Å²) in [7, 11) is 1.65. The number of hydrogen-bond donors (Lipinski definition) is 1. The Morgan fingerprint density at radius 3 is 2.61 bits per heavy atom. The molecule has 0 spiro atoms. The third-order valence-corrected chi connectivity index (χ3v) is 2.94. The van der Waals surface area contributed by atoms with Crippen LogP contribution in [0.2, 0.25) is 0 Å². The Kier molecular flexibility index (Phi) is 4.18. The van der Waals surface area contributed by atoms with Gasteiger partial charge in [0, 0.05) is 12.7 Å². The van der Waals surface area contributed by atoms with Gasteiger partial charge in [-0.3, -0.25) is 0 Å². The minimum absolute atomic E-state index is 0.761. The lowest BCUT2D eigenvalue weighted by atomic mass is 10.1. The van der Waals surface area contributed by atoms with Gasteiger partial charge in [0.15, 0.2) is 11.6 Å². The maximum Gasteiger partial charge on any atom is 0.168 e. The highest BCUT2D eigenvalue weighted by Crippen LogP contribution is 2.21. The number of nitrogens with zero attached hydrogens (tertiary/aromatic N) is 1. The van der Waals surface area contributed by atoms with Gasteiger partial charge < -0.3 is 10.1 Å². The fourth-order valence-corrected chi connectivity index (χ4v) is 1.94. The van der Waals surface area contributed by atoms with E-state index in [0.717, 1.165) is 24.5 Å². The highest BCUT2D eigenvalue weighted by atomic mass is 16.5. The first-order valence-corrected chi connectivity index (χ1v) is 6.14. The maximum absolute atomic E-state index is 5.27. The quantitative estimate of drug-likeness (QED) is 0.873. The van der Waals surface area contributed by atoms with Gasteiger partial charge in [0.25, 0.3) is 0 Å². The zero-order valence-corrected chi connectivity index (χ0v) is 10.8. The predicted octanol–water partition coefficient (Wildman–Crippen LogP) is 3.26. The van der Waals surface area contributed by atoms with E-state index in [2.05, 4.69) is 41.5 Å². The maximum atomic E-state index is 5.27. The van der Waals surface area contributed by atoms with E-state index in [1.54, 1.807) is 13.3 Å². The van der Waals surface area contributed by atoms with Crippen LogP contribution in [0.25, 0.3) is 0 Å². The first-order chi connectivity index (χ1) is 8.85. The highest BCUT2D eigenvalue weighted by Gasteiger charge is 2.04. The second-order valence-electron chi connectivity index (χ2n) is 4.03. The predicted molar refractivity (Wildman–Crippen MR) is 73.9 cm³/mol. The molecule has 1 aromatic heterocycles. The number of ether oxygens (including phenoxy) is 1. The summed E-state index contributed by atoms with van der Waals surface area (Å²) in [5.41, 5.74) is 2.66. The van der Waals surface area contributed by atoms with Crippen molar-refractivity contribution >= 4 is 5.82 Å². The van der Waals surface area contributed by atoms with Crippen LogP contribution in [0, 0.1) is 0 Å². The second kappa shape index (κ2) is 6.05. The molecule has 0 radical (unpaired) electrons. The summed E-state index contributed by atoms with van der Waals surface area (Å²) in [6.45, 7) is 2.93. The zero-order valence-electron chi connectivity index (χ0n) is 10.8. The Bertz CT molecular complexity index is 464. The lowest BCUT2D eigenvalue weighted by Crippen LogP contribution is -2.05. The topological polar surface area (TPSA) is 34.2 Å². The van der Waals surface area contributed by atoms with Gasteiger partial charge >= 0.3 is 0 Å². The number of rotatable bonds is 5. The molecule has 0 aliphatic rings. The highest BCUT2D eigenvalue weighted by molar-refractivity contribution is 5.50. The molecular weight excluding hydrogens is 224 g/mol. The number of nitrogens with one attached hydrogen (secondary N) is 1. The molecule has 0 unspecified atom stereocenters. The summed E-state index contributed by atoms with van der Waals surface area (Å²) < 4.78 is 5.27. The first kappa shape index (κ1) is 12.4. The molecule has 2 rings (SSSR count). The molecule has 0 fully saturated rings. The summed E-state index contributed by atoms with van der Waals surface area (Å²) in [5.74, 6) is 1.55. The van der Waals surface area contributed by atoms with Crippen LogP contribution in [-0.4, -0.2) is 12.1 Å². The van der Waals surface area contributed by atoms with Crippen molar-refractivity contribution in [1.82, 2.24) is 4.98 Å². The fraction of sp³-hybridized carbons (Fsp3) is 0.267. The first-order valence-electron chi connectivity index (χ1n) is 6.14. The average molecular weight is 242 g/mol. The molecule has 0 amide bonds. The molecule has 3 nitrogen and oxygen atoms in total. The third kappa shape index (κ3) is 2.80. The molecule has 18 heavy (non-hydrogen) atoms. The van der Waals surface area contributed by atoms with Gasteiger partial charge in [-0.25, -0.2) is 4.98 Å². The van der Waals surface area contributed by atoms with Crippen LogP contribution in [0.1, 0.15) is 18.1 Å². The minimum Gasteiger partial charge on any atom is -0.493 e. The van der Waals surface area contributed by atoms with E-state index in [4.69, 9.17) is 4.74 Å². The standard InChI is InChI=1S/C15H18N2O/c1-3-12-7-4-5-8-13(12)11-17-15-14(18-2)9-6-10-16-15/h4-10H,3,11H2,1-2H3,(H,16,17). The molecule has 1 aromatic carbocycles. The van der Waals surface area contributed by atoms with E-state index in [9.17, 15) is 0 Å². The number of aromatic nitrogens is 1. The summed E-state index contributed by atoms with van der Waals surface area (Å²) >= 11 is 0. The van der Waals surface area contributed by atoms with Crippen LogP contribution in [0.5, 0.6) is 5.75 Å². The summed E-state index contributed by atoms with van der Waals surface area (Å²) in [5, 5.41) is 3.32. The lowest BCUT2D eigenvalue weighted by Gasteiger charge is -2.11. The SMILES string of the molecule is CCc1ccccc1CNc1ncccc1OC. The van der Waals surface area contributed by atoms with Crippen molar-refractivity contribution in [3.63, 3.8) is 0 Å². The molecule has 0 aliphatic carbocycles. The van der Waals surface area contributed by atoms with Crippen molar-refractivity contribution in [3.05, 3.63) is 53.7 Å². The number of pyridine rings is 1.